The zero-order valence-electron chi connectivity index (χ0n) is 34.0. The maximum atomic E-state index is 2.44. The summed E-state index contributed by atoms with van der Waals surface area (Å²) in [4.78, 5) is 2.44. The highest BCUT2D eigenvalue weighted by Gasteiger charge is 2.23. The van der Waals surface area contributed by atoms with Gasteiger partial charge in [0.2, 0.25) is 0 Å². The fraction of sp³-hybridized carbons (Fsp3) is 0. The molecular formula is C60H41NS. The molecule has 0 saturated heterocycles. The van der Waals surface area contributed by atoms with E-state index < -0.39 is 0 Å². The van der Waals surface area contributed by atoms with E-state index in [4.69, 9.17) is 0 Å². The van der Waals surface area contributed by atoms with E-state index in [1.807, 2.05) is 11.3 Å². The van der Waals surface area contributed by atoms with Crippen LogP contribution in [-0.2, 0) is 0 Å². The van der Waals surface area contributed by atoms with Gasteiger partial charge in [-0.25, -0.2) is 0 Å². The lowest BCUT2D eigenvalue weighted by Crippen LogP contribution is -2.12. The summed E-state index contributed by atoms with van der Waals surface area (Å²) in [6.45, 7) is 0. The summed E-state index contributed by atoms with van der Waals surface area (Å²) in [6, 6.07) is 90.4. The van der Waals surface area contributed by atoms with Crippen molar-refractivity contribution < 1.29 is 0 Å². The highest BCUT2D eigenvalue weighted by Crippen LogP contribution is 2.48. The number of anilines is 3. The fourth-order valence-electron chi connectivity index (χ4n) is 8.86. The Morgan fingerprint density at radius 1 is 0.258 bits per heavy atom. The largest absolute Gasteiger partial charge is 0.310 e. The Bertz CT molecular complexity index is 3300. The zero-order valence-corrected chi connectivity index (χ0v) is 34.8. The zero-order chi connectivity index (χ0) is 41.2. The van der Waals surface area contributed by atoms with E-state index in [0.29, 0.717) is 0 Å². The molecule has 0 atom stereocenters. The van der Waals surface area contributed by atoms with Crippen molar-refractivity contribution in [1.29, 1.82) is 0 Å². The van der Waals surface area contributed by atoms with Gasteiger partial charge in [-0.1, -0.05) is 206 Å². The van der Waals surface area contributed by atoms with Gasteiger partial charge < -0.3 is 4.90 Å². The molecule has 292 valence electrons. The summed E-state index contributed by atoms with van der Waals surface area (Å²) in [5.74, 6) is 0. The lowest BCUT2D eigenvalue weighted by molar-refractivity contribution is 1.28. The van der Waals surface area contributed by atoms with Gasteiger partial charge in [-0.15, -0.1) is 11.3 Å². The van der Waals surface area contributed by atoms with E-state index in [1.165, 1.54) is 86.9 Å². The van der Waals surface area contributed by atoms with Gasteiger partial charge in [0.05, 0.1) is 5.69 Å². The second-order valence-corrected chi connectivity index (χ2v) is 16.7. The SMILES string of the molecule is c1ccc(-c2ccc(-c3ccc(N(c4ccc(-c5ccc6c(c5)sc5ccccc56)cc4)c4cccc(-c5ccccc5)c4-c4ccccc4-c4ccccc4)cc3)cc2)cc1. The van der Waals surface area contributed by atoms with Crippen LogP contribution in [0.1, 0.15) is 0 Å². The quantitative estimate of drug-likeness (QED) is 0.140. The molecule has 0 aliphatic carbocycles. The predicted molar refractivity (Wildman–Crippen MR) is 267 cm³/mol. The van der Waals surface area contributed by atoms with Crippen LogP contribution in [0, 0.1) is 0 Å². The molecule has 0 spiro atoms. The average molecular weight is 808 g/mol. The Balaban J connectivity index is 1.07. The highest BCUT2D eigenvalue weighted by molar-refractivity contribution is 7.25. The third-order valence-electron chi connectivity index (χ3n) is 11.9. The van der Waals surface area contributed by atoms with E-state index >= 15 is 0 Å². The molecular weight excluding hydrogens is 767 g/mol. The summed E-state index contributed by atoms with van der Waals surface area (Å²) >= 11 is 1.86. The Morgan fingerprint density at radius 3 is 1.29 bits per heavy atom. The summed E-state index contributed by atoms with van der Waals surface area (Å²) in [7, 11) is 0. The molecule has 11 aromatic rings. The van der Waals surface area contributed by atoms with Crippen molar-refractivity contribution in [1.82, 2.24) is 0 Å². The molecule has 0 radical (unpaired) electrons. The first kappa shape index (κ1) is 37.2. The van der Waals surface area contributed by atoms with Crippen LogP contribution in [0.15, 0.2) is 249 Å². The van der Waals surface area contributed by atoms with Crippen LogP contribution in [0.25, 0.3) is 86.9 Å². The number of fused-ring (bicyclic) bond motifs is 3. The molecule has 10 aromatic carbocycles. The van der Waals surface area contributed by atoms with Crippen molar-refractivity contribution in [3.05, 3.63) is 249 Å². The molecule has 0 saturated carbocycles. The summed E-state index contributed by atoms with van der Waals surface area (Å²) < 4.78 is 2.63. The van der Waals surface area contributed by atoms with Gasteiger partial charge in [0.25, 0.3) is 0 Å². The third kappa shape index (κ3) is 7.07. The van der Waals surface area contributed by atoms with Gasteiger partial charge in [0.1, 0.15) is 0 Å². The van der Waals surface area contributed by atoms with Crippen LogP contribution in [0.2, 0.25) is 0 Å². The number of hydrogen-bond donors (Lipinski definition) is 0. The van der Waals surface area contributed by atoms with E-state index in [0.717, 1.165) is 17.1 Å². The maximum Gasteiger partial charge on any atom is 0.0546 e. The summed E-state index contributed by atoms with van der Waals surface area (Å²) in [6.07, 6.45) is 0. The van der Waals surface area contributed by atoms with Crippen molar-refractivity contribution in [3.8, 4) is 66.8 Å². The first-order chi connectivity index (χ1) is 30.7. The van der Waals surface area contributed by atoms with Crippen molar-refractivity contribution in [3.63, 3.8) is 0 Å². The van der Waals surface area contributed by atoms with Gasteiger partial charge in [-0.05, 0) is 104 Å². The maximum absolute atomic E-state index is 2.44. The number of nitrogens with zero attached hydrogens (tertiary/aromatic N) is 1. The van der Waals surface area contributed by atoms with Crippen molar-refractivity contribution in [2.75, 3.05) is 4.90 Å². The van der Waals surface area contributed by atoms with Crippen molar-refractivity contribution in [2.24, 2.45) is 0 Å². The second kappa shape index (κ2) is 16.3. The van der Waals surface area contributed by atoms with E-state index in [1.54, 1.807) is 0 Å². The molecule has 11 rings (SSSR count). The average Bonchev–Trinajstić information content (AvgIpc) is 3.73. The first-order valence-electron chi connectivity index (χ1n) is 21.2. The van der Waals surface area contributed by atoms with Gasteiger partial charge in [0.15, 0.2) is 0 Å². The second-order valence-electron chi connectivity index (χ2n) is 15.7. The van der Waals surface area contributed by atoms with Crippen LogP contribution < -0.4 is 4.90 Å². The molecule has 0 fully saturated rings. The molecule has 1 heterocycles. The number of hydrogen-bond acceptors (Lipinski definition) is 2. The van der Waals surface area contributed by atoms with Crippen LogP contribution in [0.3, 0.4) is 0 Å². The van der Waals surface area contributed by atoms with Gasteiger partial charge >= 0.3 is 0 Å². The van der Waals surface area contributed by atoms with Crippen LogP contribution in [-0.4, -0.2) is 0 Å². The molecule has 1 nitrogen and oxygen atoms in total. The van der Waals surface area contributed by atoms with E-state index in [9.17, 15) is 0 Å². The van der Waals surface area contributed by atoms with E-state index in [2.05, 4.69) is 254 Å². The molecule has 0 bridgehead atoms. The Morgan fingerprint density at radius 2 is 0.677 bits per heavy atom. The Labute approximate surface area is 367 Å². The molecule has 0 amide bonds. The Hall–Kier alpha value is -7.78. The molecule has 0 aliphatic rings. The van der Waals surface area contributed by atoms with Gasteiger partial charge in [-0.2, -0.15) is 0 Å². The fourth-order valence-corrected chi connectivity index (χ4v) is 10.0. The standard InChI is InChI=1S/C60H41NS/c1-4-15-42(16-5-1)43-27-29-44(30-28-43)45-31-36-50(37-32-45)61(51-38-33-46(34-39-51)49-35-40-55-54-22-12-13-26-58(54)62-59(55)41-49)57-25-14-24-53(48-19-8-3-9-20-48)60(57)56-23-11-10-21-52(56)47-17-6-2-7-18-47/h1-41H. The van der Waals surface area contributed by atoms with Gasteiger partial charge in [0, 0.05) is 37.1 Å². The Kier molecular flexibility index (Phi) is 9.82. The number of rotatable bonds is 9. The smallest absolute Gasteiger partial charge is 0.0546 e. The first-order valence-corrected chi connectivity index (χ1v) is 22.0. The molecule has 2 heteroatoms. The monoisotopic (exact) mass is 807 g/mol. The van der Waals surface area contributed by atoms with Crippen LogP contribution >= 0.6 is 11.3 Å². The third-order valence-corrected chi connectivity index (χ3v) is 13.1. The number of thiophene rings is 1. The molecule has 1 aromatic heterocycles. The molecule has 0 unspecified atom stereocenters. The van der Waals surface area contributed by atoms with Crippen molar-refractivity contribution in [2.45, 2.75) is 0 Å². The van der Waals surface area contributed by atoms with Crippen LogP contribution in [0.5, 0.6) is 0 Å². The normalized spacial score (nSPS) is 11.2. The highest BCUT2D eigenvalue weighted by atomic mass is 32.1. The van der Waals surface area contributed by atoms with Crippen molar-refractivity contribution >= 4 is 48.6 Å². The van der Waals surface area contributed by atoms with E-state index in [-0.39, 0.29) is 0 Å². The molecule has 62 heavy (non-hydrogen) atoms. The topological polar surface area (TPSA) is 3.24 Å². The lowest BCUT2D eigenvalue weighted by atomic mass is 9.87. The minimum atomic E-state index is 1.08. The lowest BCUT2D eigenvalue weighted by Gasteiger charge is -2.30. The minimum absolute atomic E-state index is 1.08. The summed E-state index contributed by atoms with van der Waals surface area (Å²) in [5.41, 5.74) is 17.6. The predicted octanol–water partition coefficient (Wildman–Crippen LogP) is 17.5. The van der Waals surface area contributed by atoms with Crippen LogP contribution in [0.4, 0.5) is 17.1 Å². The summed E-state index contributed by atoms with van der Waals surface area (Å²) in [5, 5.41) is 2.64. The molecule has 0 N–H and O–H groups in total. The minimum Gasteiger partial charge on any atom is -0.310 e. The van der Waals surface area contributed by atoms with Gasteiger partial charge in [-0.3, -0.25) is 0 Å². The molecule has 0 aliphatic heterocycles. The number of benzene rings is 10.